The molecule has 0 saturated carbocycles. The summed E-state index contributed by atoms with van der Waals surface area (Å²) in [6, 6.07) is 6.60. The van der Waals surface area contributed by atoms with Crippen LogP contribution in [-0.2, 0) is 13.0 Å². The predicted molar refractivity (Wildman–Crippen MR) is 53.4 cm³/mol. The summed E-state index contributed by atoms with van der Waals surface area (Å²) >= 11 is 1.97. The van der Waals surface area contributed by atoms with Gasteiger partial charge >= 0.3 is 0 Å². The van der Waals surface area contributed by atoms with Crippen molar-refractivity contribution in [2.75, 3.05) is 5.75 Å². The molecular formula is C10H13NS. The summed E-state index contributed by atoms with van der Waals surface area (Å²) in [5.41, 5.74) is 8.33. The van der Waals surface area contributed by atoms with Gasteiger partial charge in [-0.05, 0) is 35.8 Å². The molecule has 0 fully saturated rings. The Labute approximate surface area is 77.3 Å². The van der Waals surface area contributed by atoms with Crippen molar-refractivity contribution in [3.8, 4) is 0 Å². The monoisotopic (exact) mass is 179 g/mol. The van der Waals surface area contributed by atoms with Crippen molar-refractivity contribution in [2.45, 2.75) is 24.3 Å². The number of hydrogen-bond donors (Lipinski definition) is 1. The van der Waals surface area contributed by atoms with Gasteiger partial charge < -0.3 is 5.73 Å². The van der Waals surface area contributed by atoms with Crippen LogP contribution in [0.15, 0.2) is 23.1 Å². The van der Waals surface area contributed by atoms with E-state index >= 15 is 0 Å². The van der Waals surface area contributed by atoms with Gasteiger partial charge in [0.05, 0.1) is 0 Å². The van der Waals surface area contributed by atoms with E-state index in [1.165, 1.54) is 34.6 Å². The first-order chi connectivity index (χ1) is 5.90. The summed E-state index contributed by atoms with van der Waals surface area (Å²) < 4.78 is 0. The van der Waals surface area contributed by atoms with Gasteiger partial charge in [0.25, 0.3) is 0 Å². The average molecular weight is 179 g/mol. The number of hydrogen-bond acceptors (Lipinski definition) is 2. The highest BCUT2D eigenvalue weighted by Gasteiger charge is 2.08. The van der Waals surface area contributed by atoms with Crippen molar-refractivity contribution < 1.29 is 0 Å². The van der Waals surface area contributed by atoms with Crippen LogP contribution >= 0.6 is 11.8 Å². The molecule has 64 valence electrons. The molecule has 1 aliphatic heterocycles. The standard InChI is InChI=1S/C10H13NS/c11-7-8-3-4-10-9(6-8)2-1-5-12-10/h3-4,6H,1-2,5,7,11H2. The Kier molecular flexibility index (Phi) is 2.38. The van der Waals surface area contributed by atoms with Crippen molar-refractivity contribution in [1.82, 2.24) is 0 Å². The summed E-state index contributed by atoms with van der Waals surface area (Å²) in [7, 11) is 0. The van der Waals surface area contributed by atoms with E-state index < -0.39 is 0 Å². The lowest BCUT2D eigenvalue weighted by Gasteiger charge is -2.15. The number of fused-ring (bicyclic) bond motifs is 1. The fourth-order valence-corrected chi connectivity index (χ4v) is 2.56. The molecule has 1 nitrogen and oxygen atoms in total. The van der Waals surface area contributed by atoms with Crippen molar-refractivity contribution >= 4 is 11.8 Å². The largest absolute Gasteiger partial charge is 0.326 e. The maximum absolute atomic E-state index is 5.58. The molecule has 0 saturated heterocycles. The predicted octanol–water partition coefficient (Wildman–Crippen LogP) is 2.18. The van der Waals surface area contributed by atoms with Crippen LogP contribution in [0.25, 0.3) is 0 Å². The SMILES string of the molecule is NCc1ccc2c(c1)CCCS2. The first-order valence-electron chi connectivity index (χ1n) is 4.35. The van der Waals surface area contributed by atoms with Gasteiger partial charge in [-0.25, -0.2) is 0 Å². The Morgan fingerprint density at radius 3 is 3.17 bits per heavy atom. The van der Waals surface area contributed by atoms with Gasteiger partial charge in [0, 0.05) is 11.4 Å². The first kappa shape index (κ1) is 8.14. The smallest absolute Gasteiger partial charge is 0.0178 e. The molecule has 2 heteroatoms. The molecule has 12 heavy (non-hydrogen) atoms. The van der Waals surface area contributed by atoms with Gasteiger partial charge in [-0.1, -0.05) is 12.1 Å². The molecule has 0 amide bonds. The normalized spacial score (nSPS) is 15.8. The van der Waals surface area contributed by atoms with E-state index in [0.717, 1.165) is 0 Å². The third kappa shape index (κ3) is 1.50. The van der Waals surface area contributed by atoms with Gasteiger partial charge in [0.1, 0.15) is 0 Å². The third-order valence-electron chi connectivity index (χ3n) is 2.21. The number of benzene rings is 1. The highest BCUT2D eigenvalue weighted by molar-refractivity contribution is 7.99. The summed E-state index contributed by atoms with van der Waals surface area (Å²) in [4.78, 5) is 1.46. The lowest BCUT2D eigenvalue weighted by atomic mass is 10.1. The fourth-order valence-electron chi connectivity index (χ4n) is 1.54. The van der Waals surface area contributed by atoms with E-state index in [-0.39, 0.29) is 0 Å². The zero-order chi connectivity index (χ0) is 8.39. The average Bonchev–Trinajstić information content (AvgIpc) is 2.17. The van der Waals surface area contributed by atoms with Crippen LogP contribution in [0.5, 0.6) is 0 Å². The third-order valence-corrected chi connectivity index (χ3v) is 3.41. The lowest BCUT2D eigenvalue weighted by molar-refractivity contribution is 0.882. The van der Waals surface area contributed by atoms with Crippen LogP contribution in [0.4, 0.5) is 0 Å². The number of rotatable bonds is 1. The first-order valence-corrected chi connectivity index (χ1v) is 5.33. The number of nitrogens with two attached hydrogens (primary N) is 1. The molecular weight excluding hydrogens is 166 g/mol. The highest BCUT2D eigenvalue weighted by atomic mass is 32.2. The minimum Gasteiger partial charge on any atom is -0.326 e. The minimum atomic E-state index is 0.665. The maximum atomic E-state index is 5.58. The second-order valence-corrected chi connectivity index (χ2v) is 4.23. The second kappa shape index (κ2) is 3.50. The maximum Gasteiger partial charge on any atom is 0.0178 e. The van der Waals surface area contributed by atoms with E-state index in [0.29, 0.717) is 6.54 Å². The Hall–Kier alpha value is -0.470. The zero-order valence-corrected chi connectivity index (χ0v) is 7.86. The lowest BCUT2D eigenvalue weighted by Crippen LogP contribution is -2.02. The van der Waals surface area contributed by atoms with Crippen molar-refractivity contribution in [1.29, 1.82) is 0 Å². The summed E-state index contributed by atoms with van der Waals surface area (Å²) in [6.45, 7) is 0.665. The molecule has 0 radical (unpaired) electrons. The molecule has 0 aliphatic carbocycles. The van der Waals surface area contributed by atoms with E-state index in [9.17, 15) is 0 Å². The number of thioether (sulfide) groups is 1. The Bertz CT molecular complexity index is 283. The Morgan fingerprint density at radius 2 is 2.33 bits per heavy atom. The van der Waals surface area contributed by atoms with E-state index in [1.807, 2.05) is 11.8 Å². The molecule has 0 aromatic heterocycles. The Morgan fingerprint density at radius 1 is 1.42 bits per heavy atom. The molecule has 2 rings (SSSR count). The quantitative estimate of drug-likeness (QED) is 0.715. The van der Waals surface area contributed by atoms with Gasteiger partial charge in [0.15, 0.2) is 0 Å². The molecule has 1 heterocycles. The molecule has 0 bridgehead atoms. The molecule has 1 aliphatic rings. The van der Waals surface area contributed by atoms with Crippen molar-refractivity contribution in [3.05, 3.63) is 29.3 Å². The van der Waals surface area contributed by atoms with Gasteiger partial charge in [0.2, 0.25) is 0 Å². The molecule has 1 aromatic rings. The van der Waals surface area contributed by atoms with E-state index in [1.54, 1.807) is 0 Å². The molecule has 2 N–H and O–H groups in total. The van der Waals surface area contributed by atoms with Crippen LogP contribution in [0, 0.1) is 0 Å². The van der Waals surface area contributed by atoms with Crippen LogP contribution in [0.1, 0.15) is 17.5 Å². The van der Waals surface area contributed by atoms with Crippen LogP contribution in [0.2, 0.25) is 0 Å². The van der Waals surface area contributed by atoms with Crippen molar-refractivity contribution in [2.24, 2.45) is 5.73 Å². The van der Waals surface area contributed by atoms with E-state index in [2.05, 4.69) is 18.2 Å². The summed E-state index contributed by atoms with van der Waals surface area (Å²) in [5.74, 6) is 1.27. The van der Waals surface area contributed by atoms with Crippen LogP contribution in [-0.4, -0.2) is 5.75 Å². The molecule has 0 atom stereocenters. The molecule has 0 spiro atoms. The molecule has 1 aromatic carbocycles. The van der Waals surface area contributed by atoms with Crippen molar-refractivity contribution in [3.63, 3.8) is 0 Å². The van der Waals surface area contributed by atoms with Gasteiger partial charge in [-0.15, -0.1) is 11.8 Å². The van der Waals surface area contributed by atoms with Crippen LogP contribution in [0.3, 0.4) is 0 Å². The summed E-state index contributed by atoms with van der Waals surface area (Å²) in [5, 5.41) is 0. The van der Waals surface area contributed by atoms with Crippen LogP contribution < -0.4 is 5.73 Å². The molecule has 0 unspecified atom stereocenters. The fraction of sp³-hybridized carbons (Fsp3) is 0.400. The zero-order valence-electron chi connectivity index (χ0n) is 7.05. The number of aryl methyl sites for hydroxylation is 1. The Balaban J connectivity index is 2.36. The summed E-state index contributed by atoms with van der Waals surface area (Å²) in [6.07, 6.45) is 2.54. The minimum absolute atomic E-state index is 0.665. The van der Waals surface area contributed by atoms with Gasteiger partial charge in [-0.2, -0.15) is 0 Å². The van der Waals surface area contributed by atoms with E-state index in [4.69, 9.17) is 5.73 Å². The second-order valence-electron chi connectivity index (χ2n) is 3.10. The highest BCUT2D eigenvalue weighted by Crippen LogP contribution is 2.30. The van der Waals surface area contributed by atoms with Gasteiger partial charge in [-0.3, -0.25) is 0 Å². The topological polar surface area (TPSA) is 26.0 Å².